The standard InChI is InChI=1S/C40H60N4O3/c1-31-26-33-27-36-35(21-22-38(45)41-36)40(28-31)34(33)19-17-25-44(40)39(46)30-43(3)24-16-12-10-8-6-5-7-9-11-15-23-42(2)29-32-18-13-14-20-37(32)47-4/h13-14,18,20-22,26,33-34H,5-12,15-17,19,23-25,27-30H2,1-4H3,(H,41,45)/t33-,34+,40+/m0/s1. The van der Waals surface area contributed by atoms with Crippen molar-refractivity contribution in [3.8, 4) is 5.75 Å². The number of carbonyl (C=O) groups excluding carboxylic acids is 1. The summed E-state index contributed by atoms with van der Waals surface area (Å²) in [6.45, 7) is 6.53. The van der Waals surface area contributed by atoms with Crippen LogP contribution in [0.15, 0.2) is 52.8 Å². The molecule has 1 amide bonds. The van der Waals surface area contributed by atoms with Crippen molar-refractivity contribution in [3.05, 3.63) is 75.2 Å². The zero-order chi connectivity index (χ0) is 33.2. The third-order valence-corrected chi connectivity index (χ3v) is 11.1. The van der Waals surface area contributed by atoms with Gasteiger partial charge in [0.05, 0.1) is 19.2 Å². The highest BCUT2D eigenvalue weighted by atomic mass is 16.5. The molecule has 1 aromatic carbocycles. The van der Waals surface area contributed by atoms with Gasteiger partial charge in [-0.15, -0.1) is 0 Å². The van der Waals surface area contributed by atoms with Gasteiger partial charge in [-0.2, -0.15) is 0 Å². The van der Waals surface area contributed by atoms with Crippen LogP contribution < -0.4 is 10.3 Å². The predicted octanol–water partition coefficient (Wildman–Crippen LogP) is 7.30. The van der Waals surface area contributed by atoms with Crippen molar-refractivity contribution in [3.63, 3.8) is 0 Å². The zero-order valence-corrected chi connectivity index (χ0v) is 29.7. The van der Waals surface area contributed by atoms with E-state index in [0.717, 1.165) is 69.7 Å². The number of piperidine rings is 1. The molecule has 1 saturated heterocycles. The molecule has 1 aliphatic heterocycles. The first-order valence-corrected chi connectivity index (χ1v) is 18.5. The third-order valence-electron chi connectivity index (χ3n) is 11.1. The van der Waals surface area contributed by atoms with E-state index in [2.05, 4.69) is 58.9 Å². The van der Waals surface area contributed by atoms with Crippen LogP contribution >= 0.6 is 0 Å². The maximum Gasteiger partial charge on any atom is 0.248 e. The number of likely N-dealkylation sites (N-methyl/N-ethyl adjacent to an activating group) is 1. The van der Waals surface area contributed by atoms with Gasteiger partial charge in [-0.05, 0) is 102 Å². The van der Waals surface area contributed by atoms with Crippen LogP contribution in [0, 0.1) is 11.8 Å². The number of nitrogens with one attached hydrogen (secondary N) is 1. The van der Waals surface area contributed by atoms with Gasteiger partial charge in [0, 0.05) is 30.4 Å². The topological polar surface area (TPSA) is 68.9 Å². The molecule has 2 bridgehead atoms. The first-order valence-electron chi connectivity index (χ1n) is 18.5. The minimum Gasteiger partial charge on any atom is -0.496 e. The molecular weight excluding hydrogens is 584 g/mol. The Morgan fingerprint density at radius 1 is 0.936 bits per heavy atom. The summed E-state index contributed by atoms with van der Waals surface area (Å²) in [6.07, 6.45) is 19.3. The van der Waals surface area contributed by atoms with E-state index in [-0.39, 0.29) is 17.0 Å². The predicted molar refractivity (Wildman–Crippen MR) is 192 cm³/mol. The number of benzene rings is 1. The van der Waals surface area contributed by atoms with Gasteiger partial charge in [0.1, 0.15) is 5.75 Å². The number of likely N-dealkylation sites (tertiary alicyclic amines) is 1. The van der Waals surface area contributed by atoms with Crippen LogP contribution in [0.3, 0.4) is 0 Å². The summed E-state index contributed by atoms with van der Waals surface area (Å²) in [6, 6.07) is 12.0. The molecular formula is C40H60N4O3. The summed E-state index contributed by atoms with van der Waals surface area (Å²) in [5.74, 6) is 2.05. The van der Waals surface area contributed by atoms with Gasteiger partial charge in [-0.3, -0.25) is 14.5 Å². The molecule has 7 heteroatoms. The lowest BCUT2D eigenvalue weighted by atomic mass is 9.56. The number of ether oxygens (including phenoxy) is 1. The van der Waals surface area contributed by atoms with E-state index < -0.39 is 0 Å². The smallest absolute Gasteiger partial charge is 0.248 e. The molecule has 0 saturated carbocycles. The number of carbonyl (C=O) groups is 1. The fourth-order valence-electron chi connectivity index (χ4n) is 8.95. The molecule has 0 radical (unpaired) electrons. The number of fused-ring (bicyclic) bond motifs is 1. The number of H-pyrrole nitrogens is 1. The second-order valence-corrected chi connectivity index (χ2v) is 14.8. The van der Waals surface area contributed by atoms with Crippen LogP contribution in [0.1, 0.15) is 107 Å². The van der Waals surface area contributed by atoms with Gasteiger partial charge in [0.2, 0.25) is 11.5 Å². The fourth-order valence-corrected chi connectivity index (χ4v) is 8.95. The van der Waals surface area contributed by atoms with Crippen LogP contribution in [0.4, 0.5) is 0 Å². The lowest BCUT2D eigenvalue weighted by Crippen LogP contribution is -2.63. The van der Waals surface area contributed by atoms with E-state index >= 15 is 0 Å². The molecule has 0 unspecified atom stereocenters. The summed E-state index contributed by atoms with van der Waals surface area (Å²) in [4.78, 5) is 36.2. The second kappa shape index (κ2) is 17.0. The zero-order valence-electron chi connectivity index (χ0n) is 29.7. The maximum atomic E-state index is 14.0. The highest BCUT2D eigenvalue weighted by molar-refractivity contribution is 5.80. The van der Waals surface area contributed by atoms with Gasteiger partial charge in [0.15, 0.2) is 0 Å². The quantitative estimate of drug-likeness (QED) is 0.136. The van der Waals surface area contributed by atoms with E-state index in [1.807, 2.05) is 18.2 Å². The number of rotatable bonds is 18. The van der Waals surface area contributed by atoms with E-state index in [4.69, 9.17) is 4.74 Å². The summed E-state index contributed by atoms with van der Waals surface area (Å²) < 4.78 is 5.49. The van der Waals surface area contributed by atoms with Crippen LogP contribution in [0.5, 0.6) is 5.75 Å². The Morgan fingerprint density at radius 3 is 2.30 bits per heavy atom. The number of methoxy groups -OCH3 is 1. The number of amides is 1. The molecule has 2 aromatic rings. The van der Waals surface area contributed by atoms with Crippen molar-refractivity contribution >= 4 is 5.91 Å². The van der Waals surface area contributed by atoms with Crippen molar-refractivity contribution in [2.45, 2.75) is 109 Å². The number of allylic oxidation sites excluding steroid dienone is 1. The maximum absolute atomic E-state index is 14.0. The Labute approximate surface area is 283 Å². The number of hydrogen-bond donors (Lipinski definition) is 1. The van der Waals surface area contributed by atoms with E-state index in [1.54, 1.807) is 13.2 Å². The number of pyridine rings is 1. The van der Waals surface area contributed by atoms with Crippen LogP contribution in [-0.2, 0) is 23.3 Å². The Kier molecular flexibility index (Phi) is 12.8. The van der Waals surface area contributed by atoms with Gasteiger partial charge in [0.25, 0.3) is 0 Å². The molecule has 1 N–H and O–H groups in total. The molecule has 2 heterocycles. The molecule has 7 nitrogen and oxygen atoms in total. The Hall–Kier alpha value is -2.90. The van der Waals surface area contributed by atoms with Crippen LogP contribution in [0.25, 0.3) is 0 Å². The van der Waals surface area contributed by atoms with Crippen molar-refractivity contribution in [1.29, 1.82) is 0 Å². The highest BCUT2D eigenvalue weighted by Crippen LogP contribution is 2.56. The summed E-state index contributed by atoms with van der Waals surface area (Å²) in [5, 5.41) is 0. The van der Waals surface area contributed by atoms with Gasteiger partial charge < -0.3 is 19.5 Å². The van der Waals surface area contributed by atoms with Crippen molar-refractivity contribution in [1.82, 2.24) is 19.7 Å². The minimum atomic E-state index is -0.315. The van der Waals surface area contributed by atoms with Crippen LogP contribution in [0.2, 0.25) is 0 Å². The van der Waals surface area contributed by atoms with Gasteiger partial charge in [-0.25, -0.2) is 0 Å². The lowest BCUT2D eigenvalue weighted by Gasteiger charge is -2.59. The molecule has 3 atom stereocenters. The largest absolute Gasteiger partial charge is 0.496 e. The van der Waals surface area contributed by atoms with E-state index in [9.17, 15) is 9.59 Å². The molecule has 2 aliphatic carbocycles. The van der Waals surface area contributed by atoms with Crippen molar-refractivity contribution < 1.29 is 9.53 Å². The normalized spacial score (nSPS) is 21.8. The second-order valence-electron chi connectivity index (χ2n) is 14.8. The first kappa shape index (κ1) is 35.4. The molecule has 1 aromatic heterocycles. The van der Waals surface area contributed by atoms with E-state index in [1.165, 1.54) is 74.5 Å². The highest BCUT2D eigenvalue weighted by Gasteiger charge is 2.56. The number of nitrogens with zero attached hydrogens (tertiary/aromatic N) is 3. The van der Waals surface area contributed by atoms with Gasteiger partial charge in [-0.1, -0.05) is 81.2 Å². The monoisotopic (exact) mass is 644 g/mol. The number of hydrogen-bond acceptors (Lipinski definition) is 5. The van der Waals surface area contributed by atoms with Crippen LogP contribution in [-0.4, -0.2) is 73.0 Å². The van der Waals surface area contributed by atoms with Crippen molar-refractivity contribution in [2.24, 2.45) is 11.8 Å². The summed E-state index contributed by atoms with van der Waals surface area (Å²) >= 11 is 0. The van der Waals surface area contributed by atoms with E-state index in [0.29, 0.717) is 18.4 Å². The average Bonchev–Trinajstić information content (AvgIpc) is 3.04. The summed E-state index contributed by atoms with van der Waals surface area (Å²) in [7, 11) is 6.06. The molecule has 0 spiro atoms. The Balaban J connectivity index is 0.948. The number of para-hydroxylation sites is 1. The van der Waals surface area contributed by atoms with Crippen molar-refractivity contribution in [2.75, 3.05) is 47.4 Å². The SMILES string of the molecule is COc1ccccc1CN(C)CCCCCCCCCCCCN(C)CC(=O)N1CCC[C@@H]2[C@H]3C=C(C)C[C@]21c1ccc(=O)[nH]c1C3. The third kappa shape index (κ3) is 8.77. The van der Waals surface area contributed by atoms with Gasteiger partial charge >= 0.3 is 0 Å². The molecule has 1 fully saturated rings. The molecule has 47 heavy (non-hydrogen) atoms. The lowest BCUT2D eigenvalue weighted by molar-refractivity contribution is -0.149. The summed E-state index contributed by atoms with van der Waals surface area (Å²) in [5.41, 5.74) is 4.51. The Bertz CT molecular complexity index is 1400. The number of aromatic nitrogens is 1. The first-order chi connectivity index (χ1) is 22.8. The Morgan fingerprint density at radius 2 is 1.60 bits per heavy atom. The minimum absolute atomic E-state index is 0.0399. The molecule has 5 rings (SSSR count). The average molecular weight is 645 g/mol. The number of aromatic amines is 1. The molecule has 258 valence electrons. The fraction of sp³-hybridized carbons (Fsp3) is 0.650. The molecule has 3 aliphatic rings. The number of unbranched alkanes of at least 4 members (excludes halogenated alkanes) is 9.